The van der Waals surface area contributed by atoms with Crippen molar-refractivity contribution in [3.8, 4) is 5.75 Å². The number of para-hydroxylation sites is 1. The quantitative estimate of drug-likeness (QED) is 0.709. The van der Waals surface area contributed by atoms with E-state index in [4.69, 9.17) is 9.15 Å². The van der Waals surface area contributed by atoms with Crippen LogP contribution in [0.2, 0.25) is 0 Å². The summed E-state index contributed by atoms with van der Waals surface area (Å²) in [6, 6.07) is 5.33. The minimum atomic E-state index is -0.667. The number of hydrogen-bond donors (Lipinski definition) is 2. The smallest absolute Gasteiger partial charge is 0.321 e. The summed E-state index contributed by atoms with van der Waals surface area (Å²) in [5.41, 5.74) is 0. The van der Waals surface area contributed by atoms with Crippen molar-refractivity contribution in [1.82, 2.24) is 20.8 Å². The van der Waals surface area contributed by atoms with Crippen LogP contribution in [0.25, 0.3) is 0 Å². The number of nitrogens with one attached hydrogen (secondary N) is 2. The number of carbonyl (C=O) groups is 2. The Morgan fingerprint density at radius 1 is 1.27 bits per heavy atom. The fraction of sp³-hybridized carbons (Fsp3) is 0.375. The molecule has 10 heteroatoms. The largest absolute Gasteiger partial charge is 0.478 e. The van der Waals surface area contributed by atoms with Crippen molar-refractivity contribution in [2.45, 2.75) is 38.1 Å². The van der Waals surface area contributed by atoms with Crippen LogP contribution in [-0.2, 0) is 4.79 Å². The normalized spacial score (nSPS) is 11.9. The Morgan fingerprint density at radius 3 is 2.69 bits per heavy atom. The van der Waals surface area contributed by atoms with E-state index in [2.05, 4.69) is 20.8 Å². The number of hydrogen-bond acceptors (Lipinski definition) is 7. The van der Waals surface area contributed by atoms with E-state index in [0.29, 0.717) is 0 Å². The van der Waals surface area contributed by atoms with E-state index in [9.17, 15) is 14.0 Å². The number of benzene rings is 1. The van der Waals surface area contributed by atoms with Crippen molar-refractivity contribution in [3.63, 3.8) is 0 Å². The zero-order valence-corrected chi connectivity index (χ0v) is 15.3. The Hall–Kier alpha value is -2.62. The van der Waals surface area contributed by atoms with E-state index in [1.807, 2.05) is 0 Å². The highest BCUT2D eigenvalue weighted by molar-refractivity contribution is 7.99. The van der Waals surface area contributed by atoms with Crippen LogP contribution in [0.3, 0.4) is 0 Å². The number of carbonyl (C=O) groups excluding carboxylic acids is 2. The first-order chi connectivity index (χ1) is 12.3. The topological polar surface area (TPSA) is 106 Å². The van der Waals surface area contributed by atoms with Crippen molar-refractivity contribution in [1.29, 1.82) is 0 Å². The summed E-state index contributed by atoms with van der Waals surface area (Å²) >= 11 is 0.975. The SMILES string of the molecule is CC(C)NC(=O)NC(=O)CSc1nnc([C@@H](C)Oc2ccccc2F)o1. The van der Waals surface area contributed by atoms with Crippen LogP contribution in [0.4, 0.5) is 9.18 Å². The molecule has 0 aliphatic rings. The fourth-order valence-electron chi connectivity index (χ4n) is 1.81. The predicted octanol–water partition coefficient (Wildman–Crippen LogP) is 2.68. The molecule has 0 saturated carbocycles. The van der Waals surface area contributed by atoms with Crippen LogP contribution in [0.1, 0.15) is 32.8 Å². The highest BCUT2D eigenvalue weighted by Crippen LogP contribution is 2.25. The van der Waals surface area contributed by atoms with Gasteiger partial charge in [-0.15, -0.1) is 10.2 Å². The maximum absolute atomic E-state index is 13.6. The molecule has 140 valence electrons. The van der Waals surface area contributed by atoms with Gasteiger partial charge in [-0.25, -0.2) is 9.18 Å². The lowest BCUT2D eigenvalue weighted by molar-refractivity contribution is -0.117. The molecule has 8 nitrogen and oxygen atoms in total. The molecule has 1 aromatic heterocycles. The number of urea groups is 1. The third kappa shape index (κ3) is 6.03. The second kappa shape index (κ2) is 9.18. The number of rotatable bonds is 7. The van der Waals surface area contributed by atoms with Gasteiger partial charge in [0, 0.05) is 6.04 Å². The molecule has 0 saturated heterocycles. The standard InChI is InChI=1S/C16H19FN4O4S/c1-9(2)18-15(23)19-13(22)8-26-16-21-20-14(25-16)10(3)24-12-7-5-4-6-11(12)17/h4-7,9-10H,8H2,1-3H3,(H2,18,19,22,23)/t10-/m1/s1. The minimum Gasteiger partial charge on any atom is -0.478 e. The monoisotopic (exact) mass is 382 g/mol. The number of imide groups is 1. The third-order valence-corrected chi connectivity index (χ3v) is 3.73. The Kier molecular flexibility index (Phi) is 6.96. The number of amides is 3. The van der Waals surface area contributed by atoms with Gasteiger partial charge < -0.3 is 14.5 Å². The number of ether oxygens (including phenoxy) is 1. The number of halogens is 1. The summed E-state index contributed by atoms with van der Waals surface area (Å²) in [5, 5.41) is 12.5. The average Bonchev–Trinajstić information content (AvgIpc) is 3.03. The second-order valence-electron chi connectivity index (χ2n) is 5.56. The van der Waals surface area contributed by atoms with Crippen molar-refractivity contribution >= 4 is 23.7 Å². The molecule has 2 N–H and O–H groups in total. The number of aromatic nitrogens is 2. The van der Waals surface area contributed by atoms with Gasteiger partial charge in [-0.05, 0) is 32.9 Å². The van der Waals surface area contributed by atoms with E-state index in [0.717, 1.165) is 11.8 Å². The molecule has 26 heavy (non-hydrogen) atoms. The summed E-state index contributed by atoms with van der Waals surface area (Å²) in [5.74, 6) is -0.847. The molecule has 0 aliphatic heterocycles. The molecule has 0 bridgehead atoms. The summed E-state index contributed by atoms with van der Waals surface area (Å²) in [7, 11) is 0. The first-order valence-corrected chi connectivity index (χ1v) is 8.81. The molecule has 0 spiro atoms. The Balaban J connectivity index is 1.84. The third-order valence-electron chi connectivity index (χ3n) is 2.91. The summed E-state index contributed by atoms with van der Waals surface area (Å²) in [4.78, 5) is 23.1. The van der Waals surface area contributed by atoms with Gasteiger partial charge >= 0.3 is 6.03 Å². The summed E-state index contributed by atoms with van der Waals surface area (Å²) in [6.45, 7) is 5.20. The Labute approximate surface area is 153 Å². The molecule has 0 aliphatic carbocycles. The lowest BCUT2D eigenvalue weighted by atomic mass is 10.3. The first-order valence-electron chi connectivity index (χ1n) is 7.83. The highest BCUT2D eigenvalue weighted by Gasteiger charge is 2.18. The van der Waals surface area contributed by atoms with Gasteiger partial charge in [0.05, 0.1) is 5.75 Å². The van der Waals surface area contributed by atoms with Crippen LogP contribution >= 0.6 is 11.8 Å². The number of nitrogens with zero attached hydrogens (tertiary/aromatic N) is 2. The highest BCUT2D eigenvalue weighted by atomic mass is 32.2. The molecule has 0 unspecified atom stereocenters. The van der Waals surface area contributed by atoms with Crippen LogP contribution < -0.4 is 15.4 Å². The van der Waals surface area contributed by atoms with Crippen LogP contribution in [0.5, 0.6) is 5.75 Å². The minimum absolute atomic E-state index is 0.0722. The van der Waals surface area contributed by atoms with Crippen LogP contribution in [0, 0.1) is 5.82 Å². The van der Waals surface area contributed by atoms with Gasteiger partial charge in [-0.2, -0.15) is 0 Å². The van der Waals surface area contributed by atoms with E-state index in [1.54, 1.807) is 32.9 Å². The lowest BCUT2D eigenvalue weighted by Gasteiger charge is -2.11. The zero-order chi connectivity index (χ0) is 19.1. The molecule has 1 atom stereocenters. The van der Waals surface area contributed by atoms with E-state index >= 15 is 0 Å². The van der Waals surface area contributed by atoms with E-state index in [1.165, 1.54) is 12.1 Å². The molecule has 1 aromatic carbocycles. The molecule has 2 rings (SSSR count). The van der Waals surface area contributed by atoms with Crippen LogP contribution in [0.15, 0.2) is 33.9 Å². The molecule has 1 heterocycles. The first kappa shape index (κ1) is 19.7. The van der Waals surface area contributed by atoms with Gasteiger partial charge in [-0.3, -0.25) is 10.1 Å². The maximum Gasteiger partial charge on any atom is 0.321 e. The van der Waals surface area contributed by atoms with Crippen LogP contribution in [-0.4, -0.2) is 33.9 Å². The van der Waals surface area contributed by atoms with Crippen molar-refractivity contribution in [2.75, 3.05) is 5.75 Å². The second-order valence-corrected chi connectivity index (χ2v) is 6.49. The van der Waals surface area contributed by atoms with E-state index < -0.39 is 23.9 Å². The maximum atomic E-state index is 13.6. The Morgan fingerprint density at radius 2 is 2.00 bits per heavy atom. The molecule has 3 amide bonds. The molecular formula is C16H19FN4O4S. The molecular weight excluding hydrogens is 363 g/mol. The predicted molar refractivity (Wildman–Crippen MR) is 92.3 cm³/mol. The number of thioether (sulfide) groups is 1. The summed E-state index contributed by atoms with van der Waals surface area (Å²) < 4.78 is 24.4. The van der Waals surface area contributed by atoms with Gasteiger partial charge in [0.25, 0.3) is 11.1 Å². The molecule has 0 radical (unpaired) electrons. The molecule has 0 fully saturated rings. The van der Waals surface area contributed by atoms with Gasteiger partial charge in [0.1, 0.15) is 0 Å². The van der Waals surface area contributed by atoms with Gasteiger partial charge in [0.15, 0.2) is 17.7 Å². The lowest BCUT2D eigenvalue weighted by Crippen LogP contribution is -2.43. The Bertz CT molecular complexity index is 768. The van der Waals surface area contributed by atoms with Crippen molar-refractivity contribution in [3.05, 3.63) is 36.0 Å². The van der Waals surface area contributed by atoms with Crippen molar-refractivity contribution in [2.24, 2.45) is 0 Å². The zero-order valence-electron chi connectivity index (χ0n) is 14.5. The van der Waals surface area contributed by atoms with E-state index in [-0.39, 0.29) is 28.7 Å². The fourth-order valence-corrected chi connectivity index (χ4v) is 2.38. The van der Waals surface area contributed by atoms with Crippen molar-refractivity contribution < 1.29 is 23.1 Å². The average molecular weight is 382 g/mol. The molecule has 2 aromatic rings. The summed E-state index contributed by atoms with van der Waals surface area (Å²) in [6.07, 6.45) is -0.667. The van der Waals surface area contributed by atoms with Gasteiger partial charge in [0.2, 0.25) is 5.91 Å². The van der Waals surface area contributed by atoms with Gasteiger partial charge in [-0.1, -0.05) is 23.9 Å².